The summed E-state index contributed by atoms with van der Waals surface area (Å²) in [5, 5.41) is 5.37. The van der Waals surface area contributed by atoms with Crippen molar-refractivity contribution < 1.29 is 23.8 Å². The summed E-state index contributed by atoms with van der Waals surface area (Å²) in [6, 6.07) is 9.49. The number of esters is 1. The molecular formula is C24H25NO5S. The van der Waals surface area contributed by atoms with Gasteiger partial charge in [-0.3, -0.25) is 4.79 Å². The highest BCUT2D eigenvalue weighted by molar-refractivity contribution is 7.10. The molecule has 7 heteroatoms. The SMILES string of the molecule is COC(=O)C1=C(C)NC2=C(C(=O)C[C@@H](c3cccs3)C2)[C@@H]1c1cc(OC)ccc1OC. The van der Waals surface area contributed by atoms with Gasteiger partial charge in [0.05, 0.1) is 32.8 Å². The van der Waals surface area contributed by atoms with Crippen molar-refractivity contribution in [3.8, 4) is 11.5 Å². The molecule has 162 valence electrons. The lowest BCUT2D eigenvalue weighted by Gasteiger charge is -2.36. The number of methoxy groups -OCH3 is 3. The molecule has 1 aromatic heterocycles. The van der Waals surface area contributed by atoms with Gasteiger partial charge in [-0.1, -0.05) is 6.07 Å². The van der Waals surface area contributed by atoms with Gasteiger partial charge in [0.2, 0.25) is 0 Å². The topological polar surface area (TPSA) is 73.9 Å². The Balaban J connectivity index is 1.89. The molecule has 2 aliphatic rings. The van der Waals surface area contributed by atoms with Gasteiger partial charge in [-0.15, -0.1) is 11.3 Å². The van der Waals surface area contributed by atoms with Gasteiger partial charge in [-0.05, 0) is 43.0 Å². The lowest BCUT2D eigenvalue weighted by Crippen LogP contribution is -2.36. The minimum absolute atomic E-state index is 0.0240. The van der Waals surface area contributed by atoms with Crippen molar-refractivity contribution >= 4 is 23.1 Å². The van der Waals surface area contributed by atoms with E-state index in [0.29, 0.717) is 46.7 Å². The molecule has 0 saturated carbocycles. The Morgan fingerprint density at radius 2 is 1.94 bits per heavy atom. The molecule has 0 radical (unpaired) electrons. The van der Waals surface area contributed by atoms with Gasteiger partial charge in [-0.2, -0.15) is 0 Å². The smallest absolute Gasteiger partial charge is 0.336 e. The second-order valence-corrected chi connectivity index (χ2v) is 8.61. The minimum atomic E-state index is -0.592. The fourth-order valence-electron chi connectivity index (χ4n) is 4.52. The maximum Gasteiger partial charge on any atom is 0.336 e. The van der Waals surface area contributed by atoms with Gasteiger partial charge >= 0.3 is 5.97 Å². The summed E-state index contributed by atoms with van der Waals surface area (Å²) >= 11 is 1.66. The third kappa shape index (κ3) is 3.74. The van der Waals surface area contributed by atoms with E-state index in [1.807, 2.05) is 24.4 Å². The van der Waals surface area contributed by atoms with E-state index in [9.17, 15) is 9.59 Å². The molecule has 0 unspecified atom stereocenters. The van der Waals surface area contributed by atoms with E-state index in [4.69, 9.17) is 14.2 Å². The van der Waals surface area contributed by atoms with E-state index >= 15 is 0 Å². The highest BCUT2D eigenvalue weighted by Crippen LogP contribution is 2.48. The summed E-state index contributed by atoms with van der Waals surface area (Å²) in [5.74, 6) is 0.292. The zero-order chi connectivity index (χ0) is 22.1. The number of rotatable bonds is 5. The largest absolute Gasteiger partial charge is 0.497 e. The van der Waals surface area contributed by atoms with Gasteiger partial charge in [0.15, 0.2) is 5.78 Å². The van der Waals surface area contributed by atoms with Crippen LogP contribution in [0.2, 0.25) is 0 Å². The van der Waals surface area contributed by atoms with Crippen LogP contribution in [0.15, 0.2) is 58.3 Å². The molecule has 1 N–H and O–H groups in total. The molecule has 1 aliphatic carbocycles. The minimum Gasteiger partial charge on any atom is -0.497 e. The van der Waals surface area contributed by atoms with E-state index in [1.165, 1.54) is 12.0 Å². The van der Waals surface area contributed by atoms with Crippen LogP contribution in [0.1, 0.15) is 42.0 Å². The number of dihydropyridines is 1. The van der Waals surface area contributed by atoms with Crippen LogP contribution in [-0.2, 0) is 14.3 Å². The Morgan fingerprint density at radius 1 is 1.13 bits per heavy atom. The lowest BCUT2D eigenvalue weighted by molar-refractivity contribution is -0.136. The number of carbonyl (C=O) groups excluding carboxylic acids is 2. The molecule has 0 saturated heterocycles. The standard InChI is InChI=1S/C24H25NO5S/c1-13-21(24(27)30-4)22(16-12-15(28-2)7-8-19(16)29-3)23-17(25-13)10-14(11-18(23)26)20-6-5-9-31-20/h5-9,12,14,22,25H,10-11H2,1-4H3/t14-,22+/m0/s1. The lowest BCUT2D eigenvalue weighted by atomic mass is 9.72. The molecule has 1 aliphatic heterocycles. The molecule has 6 nitrogen and oxygen atoms in total. The Labute approximate surface area is 185 Å². The van der Waals surface area contributed by atoms with Gasteiger partial charge in [0.25, 0.3) is 0 Å². The first-order valence-corrected chi connectivity index (χ1v) is 10.9. The third-order valence-corrected chi connectivity index (χ3v) is 6.96. The fraction of sp³-hybridized carbons (Fsp3) is 0.333. The molecule has 0 amide bonds. The molecule has 4 rings (SSSR count). The number of ketones is 1. The van der Waals surface area contributed by atoms with Crippen LogP contribution >= 0.6 is 11.3 Å². The molecule has 2 atom stereocenters. The maximum absolute atomic E-state index is 13.5. The van der Waals surface area contributed by atoms with Crippen molar-refractivity contribution in [2.45, 2.75) is 31.6 Å². The Morgan fingerprint density at radius 3 is 2.58 bits per heavy atom. The number of benzene rings is 1. The number of carbonyl (C=O) groups is 2. The quantitative estimate of drug-likeness (QED) is 0.701. The van der Waals surface area contributed by atoms with E-state index < -0.39 is 11.9 Å². The van der Waals surface area contributed by atoms with Crippen molar-refractivity contribution in [3.05, 3.63) is 68.7 Å². The Kier molecular flexibility index (Phi) is 5.87. The van der Waals surface area contributed by atoms with Crippen LogP contribution in [-0.4, -0.2) is 33.1 Å². The molecule has 0 bridgehead atoms. The zero-order valence-corrected chi connectivity index (χ0v) is 18.8. The summed E-state index contributed by atoms with van der Waals surface area (Å²) in [7, 11) is 4.51. The average molecular weight is 440 g/mol. The van der Waals surface area contributed by atoms with Gasteiger partial charge < -0.3 is 19.5 Å². The molecule has 2 heterocycles. The third-order valence-electron chi connectivity index (χ3n) is 5.93. The van der Waals surface area contributed by atoms with Crippen LogP contribution in [0, 0.1) is 0 Å². The Hall–Kier alpha value is -3.06. The molecule has 1 aromatic carbocycles. The number of Topliss-reactive ketones (excluding diaryl/α,β-unsaturated/α-hetero) is 1. The van der Waals surface area contributed by atoms with E-state index in [-0.39, 0.29) is 11.7 Å². The second-order valence-electron chi connectivity index (χ2n) is 7.63. The van der Waals surface area contributed by atoms with Crippen molar-refractivity contribution in [2.24, 2.45) is 0 Å². The average Bonchev–Trinajstić information content (AvgIpc) is 3.32. The predicted octanol–water partition coefficient (Wildman–Crippen LogP) is 4.30. The van der Waals surface area contributed by atoms with Crippen LogP contribution in [0.4, 0.5) is 0 Å². The number of hydrogen-bond acceptors (Lipinski definition) is 7. The Bertz CT molecular complexity index is 1080. The zero-order valence-electron chi connectivity index (χ0n) is 18.0. The van der Waals surface area contributed by atoms with Crippen molar-refractivity contribution in [1.29, 1.82) is 0 Å². The summed E-state index contributed by atoms with van der Waals surface area (Å²) in [5.41, 5.74) is 3.26. The molecule has 0 spiro atoms. The fourth-order valence-corrected chi connectivity index (χ4v) is 5.35. The normalized spacial score (nSPS) is 20.8. The molecular weight excluding hydrogens is 414 g/mol. The van der Waals surface area contributed by atoms with E-state index in [2.05, 4.69) is 11.4 Å². The number of nitrogens with one attached hydrogen (secondary N) is 1. The van der Waals surface area contributed by atoms with E-state index in [0.717, 1.165) is 5.70 Å². The van der Waals surface area contributed by atoms with Crippen molar-refractivity contribution in [3.63, 3.8) is 0 Å². The number of ether oxygens (including phenoxy) is 3. The van der Waals surface area contributed by atoms with Crippen molar-refractivity contribution in [1.82, 2.24) is 5.32 Å². The van der Waals surface area contributed by atoms with Gasteiger partial charge in [-0.25, -0.2) is 4.79 Å². The van der Waals surface area contributed by atoms with Gasteiger partial charge in [0.1, 0.15) is 11.5 Å². The van der Waals surface area contributed by atoms with E-state index in [1.54, 1.807) is 37.7 Å². The van der Waals surface area contributed by atoms with Crippen LogP contribution in [0.5, 0.6) is 11.5 Å². The monoisotopic (exact) mass is 439 g/mol. The first-order valence-electron chi connectivity index (χ1n) is 10.1. The molecule has 0 fully saturated rings. The highest BCUT2D eigenvalue weighted by Gasteiger charge is 2.42. The van der Waals surface area contributed by atoms with Crippen molar-refractivity contribution in [2.75, 3.05) is 21.3 Å². The number of thiophene rings is 1. The van der Waals surface area contributed by atoms with Crippen LogP contribution in [0.25, 0.3) is 0 Å². The predicted molar refractivity (Wildman–Crippen MR) is 118 cm³/mol. The number of allylic oxidation sites excluding steroid dienone is 3. The maximum atomic E-state index is 13.5. The number of hydrogen-bond donors (Lipinski definition) is 1. The van der Waals surface area contributed by atoms with Crippen LogP contribution in [0.3, 0.4) is 0 Å². The summed E-state index contributed by atoms with van der Waals surface area (Å²) in [6.07, 6.45) is 1.10. The summed E-state index contributed by atoms with van der Waals surface area (Å²) in [6.45, 7) is 1.84. The molecule has 31 heavy (non-hydrogen) atoms. The summed E-state index contributed by atoms with van der Waals surface area (Å²) in [4.78, 5) is 27.5. The van der Waals surface area contributed by atoms with Gasteiger partial charge in [0, 0.05) is 39.7 Å². The second kappa shape index (κ2) is 8.59. The van der Waals surface area contributed by atoms with Crippen LogP contribution < -0.4 is 14.8 Å². The first-order chi connectivity index (χ1) is 15.0. The summed E-state index contributed by atoms with van der Waals surface area (Å²) < 4.78 is 16.1. The molecule has 2 aromatic rings. The first kappa shape index (κ1) is 21.2. The highest BCUT2D eigenvalue weighted by atomic mass is 32.1.